The van der Waals surface area contributed by atoms with Crippen LogP contribution in [0, 0.1) is 17.8 Å². The molecule has 710 valence electrons. The summed E-state index contributed by atoms with van der Waals surface area (Å²) in [7, 11) is 15.5. The van der Waals surface area contributed by atoms with Gasteiger partial charge in [-0.15, -0.1) is 0 Å². The highest BCUT2D eigenvalue weighted by Gasteiger charge is 2.31. The second-order valence-electron chi connectivity index (χ2n) is 35.0. The van der Waals surface area contributed by atoms with Crippen LogP contribution in [0.1, 0.15) is 64.7 Å². The molecule has 16 aromatic rings. The molecule has 2 unspecified atom stereocenters. The predicted molar refractivity (Wildman–Crippen MR) is 530 cm³/mol. The summed E-state index contributed by atoms with van der Waals surface area (Å²) in [4.78, 5) is 49.2. The predicted octanol–water partition coefficient (Wildman–Crippen LogP) is 16.4. The van der Waals surface area contributed by atoms with Gasteiger partial charge in [-0.25, -0.2) is 19.9 Å². The molecule has 4 aliphatic rings. The van der Waals surface area contributed by atoms with E-state index in [0.29, 0.717) is 71.9 Å². The van der Waals surface area contributed by atoms with E-state index in [9.17, 15) is 10.2 Å². The average Bonchev–Trinajstić information content (AvgIpc) is 1.78. The SMILES string of the molecule is COc1cc(OC)cc(N(CC(C)O)c2ccc3ncc(-c4cnn(C)c4)nc3c2)c1.COc1cc(OC)cc(N(CC2CC2)c2ccc3ncc(-c4cnn(CC(O)CN5CCCCC5)c4)nc3c2)c1.COc1cc(OCCO)cc(N(CC2CC2)c2ccc3ncc(-c4cnn(C)c4)nc3c2)c1.COc1cc(OCCO)cc(N(CC2CC2)c2ccc3ncc(-c4cnn(C)c4)nc3c2)c1. The number of ether oxygens (including phenoxy) is 8. The Hall–Kier alpha value is -14.6. The van der Waals surface area contributed by atoms with Gasteiger partial charge in [0.2, 0.25) is 0 Å². The van der Waals surface area contributed by atoms with E-state index in [1.807, 2.05) is 160 Å². The number of piperidine rings is 1. The lowest BCUT2D eigenvalue weighted by Crippen LogP contribution is -2.38. The lowest BCUT2D eigenvalue weighted by atomic mass is 10.1. The normalized spacial score (nSPS) is 14.0. The summed E-state index contributed by atoms with van der Waals surface area (Å²) in [6.45, 7) is 8.52. The number of aliphatic hydroxyl groups excluding tert-OH is 4. The molecule has 3 aliphatic carbocycles. The average molecular weight is 1850 g/mol. The summed E-state index contributed by atoms with van der Waals surface area (Å²) in [5, 5.41) is 56.3. The highest BCUT2D eigenvalue weighted by molar-refractivity contribution is 5.87. The molecule has 3 saturated carbocycles. The van der Waals surface area contributed by atoms with Crippen LogP contribution in [0.15, 0.2) is 220 Å². The monoisotopic (exact) mass is 1850 g/mol. The quantitative estimate of drug-likeness (QED) is 0.0283. The van der Waals surface area contributed by atoms with Crippen molar-refractivity contribution < 1.29 is 58.3 Å². The van der Waals surface area contributed by atoms with E-state index >= 15 is 0 Å². The maximum Gasteiger partial charge on any atom is 0.125 e. The van der Waals surface area contributed by atoms with Crippen molar-refractivity contribution in [3.63, 3.8) is 0 Å². The highest BCUT2D eigenvalue weighted by atomic mass is 16.5. The van der Waals surface area contributed by atoms with E-state index in [2.05, 4.69) is 91.3 Å². The zero-order chi connectivity index (χ0) is 95.0. The third kappa shape index (κ3) is 24.4. The Balaban J connectivity index is 0.000000127. The Bertz CT molecular complexity index is 6550. The van der Waals surface area contributed by atoms with Crippen molar-refractivity contribution in [2.75, 3.05) is 134 Å². The molecule has 0 bridgehead atoms. The van der Waals surface area contributed by atoms with Crippen molar-refractivity contribution in [3.05, 3.63) is 220 Å². The highest BCUT2D eigenvalue weighted by Crippen LogP contribution is 2.44. The summed E-state index contributed by atoms with van der Waals surface area (Å²) in [5.74, 6) is 7.59. The second-order valence-corrected chi connectivity index (χ2v) is 35.0. The van der Waals surface area contributed by atoms with Crippen LogP contribution in [0.5, 0.6) is 46.0 Å². The first kappa shape index (κ1) is 94.1. The van der Waals surface area contributed by atoms with Gasteiger partial charge in [-0.3, -0.25) is 38.7 Å². The molecule has 4 fully saturated rings. The maximum atomic E-state index is 10.6. The van der Waals surface area contributed by atoms with Crippen molar-refractivity contribution in [1.29, 1.82) is 0 Å². The van der Waals surface area contributed by atoms with Gasteiger partial charge in [0.05, 0.1) is 191 Å². The minimum absolute atomic E-state index is 0.0407. The van der Waals surface area contributed by atoms with Gasteiger partial charge in [0.15, 0.2) is 0 Å². The number of rotatable bonds is 36. The maximum absolute atomic E-state index is 10.6. The second kappa shape index (κ2) is 43.8. The number of aliphatic hydroxyl groups is 4. The number of hydrogen-bond donors (Lipinski definition) is 4. The van der Waals surface area contributed by atoms with Crippen LogP contribution in [0.3, 0.4) is 0 Å². The number of anilines is 8. The summed E-state index contributed by atoms with van der Waals surface area (Å²) in [5.41, 5.74) is 21.1. The topological polar surface area (TPSA) is 345 Å². The Morgan fingerprint density at radius 3 is 0.934 bits per heavy atom. The molecule has 8 aromatic heterocycles. The fourth-order valence-corrected chi connectivity index (χ4v) is 16.6. The molecule has 33 nitrogen and oxygen atoms in total. The summed E-state index contributed by atoms with van der Waals surface area (Å²) >= 11 is 0. The van der Waals surface area contributed by atoms with Crippen molar-refractivity contribution in [1.82, 2.24) is 83.9 Å². The molecule has 1 saturated heterocycles. The molecule has 0 amide bonds. The number of aromatic nitrogens is 16. The molecule has 2 atom stereocenters. The molecular weight excluding hydrogens is 1740 g/mol. The van der Waals surface area contributed by atoms with Gasteiger partial charge in [0.25, 0.3) is 0 Å². The van der Waals surface area contributed by atoms with E-state index in [1.54, 1.807) is 118 Å². The Morgan fingerprint density at radius 2 is 0.635 bits per heavy atom. The number of nitrogens with zero attached hydrogens (tertiary/aromatic N) is 21. The van der Waals surface area contributed by atoms with Gasteiger partial charge in [-0.05, 0) is 162 Å². The molecule has 0 radical (unpaired) electrons. The first-order chi connectivity index (χ1) is 66.8. The van der Waals surface area contributed by atoms with Gasteiger partial charge >= 0.3 is 0 Å². The lowest BCUT2D eigenvalue weighted by molar-refractivity contribution is 0.0856. The van der Waals surface area contributed by atoms with Crippen molar-refractivity contribution >= 4 is 89.6 Å². The Labute approximate surface area is 795 Å². The fourth-order valence-electron chi connectivity index (χ4n) is 16.6. The third-order valence-corrected chi connectivity index (χ3v) is 24.3. The van der Waals surface area contributed by atoms with Crippen LogP contribution < -0.4 is 57.5 Å². The van der Waals surface area contributed by atoms with Gasteiger partial charge in [-0.2, -0.15) is 20.4 Å². The molecule has 137 heavy (non-hydrogen) atoms. The lowest BCUT2D eigenvalue weighted by Gasteiger charge is -2.28. The van der Waals surface area contributed by atoms with Gasteiger partial charge in [0.1, 0.15) is 59.2 Å². The van der Waals surface area contributed by atoms with Gasteiger partial charge in [0, 0.05) is 219 Å². The molecule has 4 N–H and O–H groups in total. The van der Waals surface area contributed by atoms with Crippen LogP contribution in [-0.4, -0.2) is 231 Å². The van der Waals surface area contributed by atoms with Crippen LogP contribution in [0.4, 0.5) is 45.5 Å². The molecule has 8 aromatic carbocycles. The van der Waals surface area contributed by atoms with E-state index in [0.717, 1.165) is 179 Å². The van der Waals surface area contributed by atoms with E-state index in [1.165, 1.54) is 57.8 Å². The molecule has 20 rings (SSSR count). The van der Waals surface area contributed by atoms with Crippen molar-refractivity contribution in [2.24, 2.45) is 38.9 Å². The minimum Gasteiger partial charge on any atom is -0.497 e. The molecule has 33 heteroatoms. The van der Waals surface area contributed by atoms with Crippen LogP contribution >= 0.6 is 0 Å². The Morgan fingerprint density at radius 1 is 0.336 bits per heavy atom. The standard InChI is InChI=1S/C31H38N6O3.2C25H27N5O3.C23H25N5O3/c1-39-27-12-25(13-28(15-27)40-2)37(18-22-6-7-22)24-8-9-29-30(14-24)34-31(17-32-29)23-16-33-36(19-23)21-26(38)20-35-10-4-3-5-11-35;2*1-29-16-18(13-27-29)25-14-26-23-6-5-19(11-24(23)28-25)30(15-17-3-4-17)20-9-21(32-2)12-22(10-20)33-8-7-31;1-15(29)13-28(18-7-19(30-3)10-20(8-18)31-4)17-5-6-21-22(9-17)26-23(12-24-21)16-11-25-27(2)14-16/h8-9,12-17,19,22,26,38H,3-7,10-11,18,20-21H2,1-2H3;2*5-6,9-14,16-17,31H,3-4,7-8,15H2,1-2H3;5-12,14-15,29H,13H2,1-4H3. The molecule has 9 heterocycles. The summed E-state index contributed by atoms with van der Waals surface area (Å²) in [6, 6.07) is 47.7. The van der Waals surface area contributed by atoms with Gasteiger partial charge in [-0.1, -0.05) is 6.42 Å². The number of fused-ring (bicyclic) bond motifs is 4. The Kier molecular flexibility index (Phi) is 30.1. The molecular formula is C104H117N21O12. The van der Waals surface area contributed by atoms with Gasteiger partial charge < -0.3 is 82.8 Å². The number of benzene rings is 8. The largest absolute Gasteiger partial charge is 0.497 e. The van der Waals surface area contributed by atoms with E-state index < -0.39 is 12.2 Å². The van der Waals surface area contributed by atoms with E-state index in [4.69, 9.17) is 73.0 Å². The van der Waals surface area contributed by atoms with Crippen LogP contribution in [0.2, 0.25) is 0 Å². The molecule has 1 aliphatic heterocycles. The molecule has 0 spiro atoms. The fraction of sp³-hybridized carbons (Fsp3) is 0.346. The number of likely N-dealkylation sites (tertiary alicyclic amines) is 1. The van der Waals surface area contributed by atoms with Crippen LogP contribution in [-0.2, 0) is 27.7 Å². The number of β-amino-alcohol motifs (C(OH)–C–C–N with tert-alkyl or cyclic N) is 1. The zero-order valence-corrected chi connectivity index (χ0v) is 79.0. The summed E-state index contributed by atoms with van der Waals surface area (Å²) in [6.07, 6.45) is 32.1. The van der Waals surface area contributed by atoms with Crippen molar-refractivity contribution in [3.8, 4) is 91.0 Å². The van der Waals surface area contributed by atoms with Crippen molar-refractivity contribution in [2.45, 2.75) is 83.5 Å². The van der Waals surface area contributed by atoms with Crippen LogP contribution in [0.25, 0.3) is 89.2 Å². The number of hydrogen-bond acceptors (Lipinski definition) is 29. The first-order valence-electron chi connectivity index (χ1n) is 46.4. The zero-order valence-electron chi connectivity index (χ0n) is 79.0. The number of methoxy groups -OCH3 is 6. The number of aryl methyl sites for hydroxylation is 3. The van der Waals surface area contributed by atoms with E-state index in [-0.39, 0.29) is 26.4 Å². The third-order valence-electron chi connectivity index (χ3n) is 24.3. The smallest absolute Gasteiger partial charge is 0.125 e. The minimum atomic E-state index is -0.555. The summed E-state index contributed by atoms with van der Waals surface area (Å²) < 4.78 is 51.4. The first-order valence-corrected chi connectivity index (χ1v) is 46.4.